The number of aromatic nitrogens is 1. The summed E-state index contributed by atoms with van der Waals surface area (Å²) in [6.07, 6.45) is 6.16. The lowest BCUT2D eigenvalue weighted by Crippen LogP contribution is -2.43. The molecule has 1 saturated carbocycles. The van der Waals surface area contributed by atoms with Gasteiger partial charge in [-0.3, -0.25) is 9.69 Å². The van der Waals surface area contributed by atoms with Crippen molar-refractivity contribution >= 4 is 16.8 Å². The molecule has 1 saturated heterocycles. The highest BCUT2D eigenvalue weighted by Crippen LogP contribution is 2.39. The summed E-state index contributed by atoms with van der Waals surface area (Å²) in [6.45, 7) is 7.62. The van der Waals surface area contributed by atoms with E-state index in [4.69, 9.17) is 14.5 Å². The predicted molar refractivity (Wildman–Crippen MR) is 150 cm³/mol. The number of nitrogens with zero attached hydrogens (tertiary/aromatic N) is 2. The monoisotopic (exact) mass is 514 g/mol. The Morgan fingerprint density at radius 2 is 1.76 bits per heavy atom. The van der Waals surface area contributed by atoms with Crippen LogP contribution in [0, 0.1) is 5.92 Å². The summed E-state index contributed by atoms with van der Waals surface area (Å²) in [5, 5.41) is 7.69. The maximum atomic E-state index is 14.3. The third kappa shape index (κ3) is 5.22. The fourth-order valence-electron chi connectivity index (χ4n) is 6.21. The molecule has 0 spiro atoms. The highest BCUT2D eigenvalue weighted by atomic mass is 16.6. The molecule has 1 amide bonds. The Hall–Kier alpha value is -3.16. The average molecular weight is 515 g/mol. The van der Waals surface area contributed by atoms with Gasteiger partial charge in [0, 0.05) is 61.3 Å². The molecule has 2 N–H and O–H groups in total. The van der Waals surface area contributed by atoms with Crippen LogP contribution in [0.1, 0.15) is 54.9 Å². The minimum atomic E-state index is -0.0190. The Kier molecular flexibility index (Phi) is 7.47. The molecule has 38 heavy (non-hydrogen) atoms. The van der Waals surface area contributed by atoms with Gasteiger partial charge in [-0.25, -0.2) is 4.98 Å². The number of fused-ring (bicyclic) bond motifs is 2. The van der Waals surface area contributed by atoms with Gasteiger partial charge >= 0.3 is 0 Å². The maximum absolute atomic E-state index is 14.3. The van der Waals surface area contributed by atoms with Crippen molar-refractivity contribution in [3.05, 3.63) is 53.6 Å². The largest absolute Gasteiger partial charge is 0.486 e. The molecule has 2 aliphatic heterocycles. The van der Waals surface area contributed by atoms with Gasteiger partial charge in [0.25, 0.3) is 5.91 Å². The van der Waals surface area contributed by atoms with Crippen molar-refractivity contribution in [3.63, 3.8) is 0 Å². The second kappa shape index (κ2) is 11.3. The van der Waals surface area contributed by atoms with E-state index in [1.807, 2.05) is 30.3 Å². The number of carbonyl (C=O) groups is 1. The Morgan fingerprint density at radius 1 is 1.05 bits per heavy atom. The van der Waals surface area contributed by atoms with Crippen molar-refractivity contribution in [3.8, 4) is 22.8 Å². The quantitative estimate of drug-likeness (QED) is 0.493. The third-order valence-electron chi connectivity index (χ3n) is 8.33. The molecule has 3 heterocycles. The zero-order valence-corrected chi connectivity index (χ0v) is 22.3. The van der Waals surface area contributed by atoms with E-state index in [9.17, 15) is 4.79 Å². The van der Waals surface area contributed by atoms with Gasteiger partial charge in [0.15, 0.2) is 11.5 Å². The van der Waals surface area contributed by atoms with Crippen LogP contribution in [0.2, 0.25) is 0 Å². The van der Waals surface area contributed by atoms with E-state index in [0.29, 0.717) is 42.7 Å². The molecule has 2 aromatic carbocycles. The van der Waals surface area contributed by atoms with E-state index >= 15 is 0 Å². The summed E-state index contributed by atoms with van der Waals surface area (Å²) in [6, 6.07) is 14.3. The molecule has 3 aliphatic rings. The van der Waals surface area contributed by atoms with E-state index in [0.717, 1.165) is 53.9 Å². The first-order valence-corrected chi connectivity index (χ1v) is 14.2. The van der Waals surface area contributed by atoms with Crippen LogP contribution in [0.5, 0.6) is 11.5 Å². The molecule has 0 radical (unpaired) electrons. The van der Waals surface area contributed by atoms with Crippen molar-refractivity contribution in [1.82, 2.24) is 20.5 Å². The van der Waals surface area contributed by atoms with E-state index in [1.165, 1.54) is 32.1 Å². The Labute approximate surface area is 224 Å². The fraction of sp³-hybridized carbons (Fsp3) is 0.484. The van der Waals surface area contributed by atoms with Crippen LogP contribution >= 0.6 is 0 Å². The normalized spacial score (nSPS) is 19.3. The average Bonchev–Trinajstić information content (AvgIpc) is 2.97. The molecule has 0 bridgehead atoms. The predicted octanol–water partition coefficient (Wildman–Crippen LogP) is 4.78. The van der Waals surface area contributed by atoms with Crippen LogP contribution in [0.3, 0.4) is 0 Å². The van der Waals surface area contributed by atoms with Crippen LogP contribution in [-0.2, 0) is 6.54 Å². The van der Waals surface area contributed by atoms with Crippen LogP contribution in [0.4, 0.5) is 0 Å². The molecule has 200 valence electrons. The SMILES string of the molecule is C[C@H](NC(=O)c1c(CN2CCNCC2)c(-c2ccccc2)nc2cc3c(cc12)OCCO3)C1CCCCC1. The van der Waals surface area contributed by atoms with Crippen LogP contribution < -0.4 is 20.1 Å². The molecule has 7 heteroatoms. The number of rotatable bonds is 6. The molecular weight excluding hydrogens is 476 g/mol. The molecule has 7 nitrogen and oxygen atoms in total. The number of nitrogens with one attached hydrogen (secondary N) is 2. The lowest BCUT2D eigenvalue weighted by atomic mass is 9.84. The first kappa shape index (κ1) is 25.1. The number of amides is 1. The van der Waals surface area contributed by atoms with Crippen LogP contribution in [0.15, 0.2) is 42.5 Å². The number of benzene rings is 2. The summed E-state index contributed by atoms with van der Waals surface area (Å²) in [5.74, 6) is 1.87. The molecule has 1 atom stereocenters. The molecule has 1 aliphatic carbocycles. The van der Waals surface area contributed by atoms with Gasteiger partial charge in [0.05, 0.1) is 16.8 Å². The summed E-state index contributed by atoms with van der Waals surface area (Å²) in [4.78, 5) is 21.9. The molecule has 0 unspecified atom stereocenters. The first-order chi connectivity index (χ1) is 18.7. The van der Waals surface area contributed by atoms with Gasteiger partial charge in [-0.15, -0.1) is 0 Å². The Bertz CT molecular complexity index is 1280. The van der Waals surface area contributed by atoms with Crippen LogP contribution in [0.25, 0.3) is 22.2 Å². The minimum absolute atomic E-state index is 0.0190. The second-order valence-corrected chi connectivity index (χ2v) is 10.9. The fourth-order valence-corrected chi connectivity index (χ4v) is 6.21. The summed E-state index contributed by atoms with van der Waals surface area (Å²) >= 11 is 0. The van der Waals surface area contributed by atoms with Crippen molar-refractivity contribution in [2.45, 2.75) is 51.6 Å². The summed E-state index contributed by atoms with van der Waals surface area (Å²) in [7, 11) is 0. The number of hydrogen-bond donors (Lipinski definition) is 2. The van der Waals surface area contributed by atoms with Crippen molar-refractivity contribution in [1.29, 1.82) is 0 Å². The van der Waals surface area contributed by atoms with Crippen molar-refractivity contribution < 1.29 is 14.3 Å². The van der Waals surface area contributed by atoms with Crippen molar-refractivity contribution in [2.75, 3.05) is 39.4 Å². The van der Waals surface area contributed by atoms with Crippen molar-refractivity contribution in [2.24, 2.45) is 5.92 Å². The highest BCUT2D eigenvalue weighted by molar-refractivity contribution is 6.09. The zero-order chi connectivity index (χ0) is 25.9. The molecule has 1 aromatic heterocycles. The maximum Gasteiger partial charge on any atom is 0.252 e. The van der Waals surface area contributed by atoms with Gasteiger partial charge in [-0.05, 0) is 31.7 Å². The third-order valence-corrected chi connectivity index (χ3v) is 8.33. The van der Waals surface area contributed by atoms with Gasteiger partial charge in [-0.2, -0.15) is 0 Å². The first-order valence-electron chi connectivity index (χ1n) is 14.2. The standard InChI is InChI=1S/C31H38N4O3/c1-21(22-8-4-2-5-9-22)33-31(36)29-24-18-27-28(38-17-16-37-27)19-26(24)34-30(23-10-6-3-7-11-23)25(29)20-35-14-12-32-13-15-35/h3,6-7,10-11,18-19,21-22,32H,2,4-5,8-9,12-17,20H2,1H3,(H,33,36)/t21-/m0/s1. The van der Waals surface area contributed by atoms with Gasteiger partial charge in [-0.1, -0.05) is 49.6 Å². The summed E-state index contributed by atoms with van der Waals surface area (Å²) in [5.41, 5.74) is 4.34. The number of piperazine rings is 1. The Balaban J connectivity index is 1.50. The van der Waals surface area contributed by atoms with E-state index in [1.54, 1.807) is 0 Å². The van der Waals surface area contributed by atoms with E-state index < -0.39 is 0 Å². The lowest BCUT2D eigenvalue weighted by molar-refractivity contribution is 0.0918. The molecular formula is C31H38N4O3. The van der Waals surface area contributed by atoms with Gasteiger partial charge in [0.1, 0.15) is 13.2 Å². The topological polar surface area (TPSA) is 75.7 Å². The van der Waals surface area contributed by atoms with E-state index in [-0.39, 0.29) is 11.9 Å². The van der Waals surface area contributed by atoms with Gasteiger partial charge < -0.3 is 20.1 Å². The minimum Gasteiger partial charge on any atom is -0.486 e. The lowest BCUT2D eigenvalue weighted by Gasteiger charge is -2.31. The zero-order valence-electron chi connectivity index (χ0n) is 22.3. The smallest absolute Gasteiger partial charge is 0.252 e. The molecule has 6 rings (SSSR count). The van der Waals surface area contributed by atoms with Gasteiger partial charge in [0.2, 0.25) is 0 Å². The number of hydrogen-bond acceptors (Lipinski definition) is 6. The van der Waals surface area contributed by atoms with Crippen LogP contribution in [-0.4, -0.2) is 61.2 Å². The molecule has 3 aromatic rings. The molecule has 2 fully saturated rings. The highest BCUT2D eigenvalue weighted by Gasteiger charge is 2.28. The summed E-state index contributed by atoms with van der Waals surface area (Å²) < 4.78 is 11.8. The number of ether oxygens (including phenoxy) is 2. The number of pyridine rings is 1. The Morgan fingerprint density at radius 3 is 2.50 bits per heavy atom. The number of carbonyl (C=O) groups excluding carboxylic acids is 1. The van der Waals surface area contributed by atoms with E-state index in [2.05, 4.69) is 34.6 Å². The second-order valence-electron chi connectivity index (χ2n) is 10.9.